The van der Waals surface area contributed by atoms with Crippen molar-refractivity contribution in [1.82, 2.24) is 10.2 Å². The summed E-state index contributed by atoms with van der Waals surface area (Å²) in [4.78, 5) is 26.2. The van der Waals surface area contributed by atoms with Crippen molar-refractivity contribution in [2.75, 3.05) is 19.6 Å². The molecule has 3 rings (SSSR count). The van der Waals surface area contributed by atoms with Crippen molar-refractivity contribution in [1.29, 1.82) is 0 Å². The average Bonchev–Trinajstić information content (AvgIpc) is 3.37. The Labute approximate surface area is 144 Å². The summed E-state index contributed by atoms with van der Waals surface area (Å²) in [7, 11) is 0. The Morgan fingerprint density at radius 2 is 1.92 bits per heavy atom. The number of carbonyl (C=O) groups is 2. The van der Waals surface area contributed by atoms with Gasteiger partial charge in [0.2, 0.25) is 11.8 Å². The van der Waals surface area contributed by atoms with Gasteiger partial charge in [-0.1, -0.05) is 37.3 Å². The van der Waals surface area contributed by atoms with E-state index in [1.165, 1.54) is 5.56 Å². The number of benzene rings is 1. The quantitative estimate of drug-likeness (QED) is 0.903. The lowest BCUT2D eigenvalue weighted by Crippen LogP contribution is -2.35. The molecule has 1 saturated heterocycles. The molecule has 4 heteroatoms. The van der Waals surface area contributed by atoms with Crippen LogP contribution in [-0.2, 0) is 9.59 Å². The molecule has 1 saturated carbocycles. The van der Waals surface area contributed by atoms with Gasteiger partial charge in [0, 0.05) is 32.0 Å². The highest BCUT2D eigenvalue weighted by Crippen LogP contribution is 2.37. The zero-order valence-corrected chi connectivity index (χ0v) is 14.5. The van der Waals surface area contributed by atoms with Crippen LogP contribution in [0.4, 0.5) is 0 Å². The topological polar surface area (TPSA) is 49.4 Å². The molecule has 2 aliphatic rings. The Balaban J connectivity index is 1.42. The lowest BCUT2D eigenvalue weighted by Gasteiger charge is -2.21. The van der Waals surface area contributed by atoms with Crippen LogP contribution >= 0.6 is 0 Å². The Hall–Kier alpha value is -1.84. The second-order valence-corrected chi connectivity index (χ2v) is 7.28. The summed E-state index contributed by atoms with van der Waals surface area (Å²) in [6.45, 7) is 4.23. The van der Waals surface area contributed by atoms with Crippen LogP contribution in [0.1, 0.15) is 50.5 Å². The molecule has 24 heavy (non-hydrogen) atoms. The maximum atomic E-state index is 12.4. The molecule has 0 spiro atoms. The largest absolute Gasteiger partial charge is 0.355 e. The minimum atomic E-state index is 0.121. The van der Waals surface area contributed by atoms with Gasteiger partial charge in [-0.2, -0.15) is 0 Å². The van der Waals surface area contributed by atoms with E-state index >= 15 is 0 Å². The summed E-state index contributed by atoms with van der Waals surface area (Å²) in [6.07, 6.45) is 4.64. The van der Waals surface area contributed by atoms with E-state index in [9.17, 15) is 9.59 Å². The number of carbonyl (C=O) groups excluding carboxylic acids is 2. The molecule has 1 aromatic rings. The Morgan fingerprint density at radius 3 is 2.62 bits per heavy atom. The molecule has 3 atom stereocenters. The number of nitrogens with zero attached hydrogens (tertiary/aromatic N) is 1. The molecule has 2 fully saturated rings. The van der Waals surface area contributed by atoms with Crippen molar-refractivity contribution in [2.24, 2.45) is 11.8 Å². The molecule has 0 radical (unpaired) electrons. The van der Waals surface area contributed by atoms with Gasteiger partial charge >= 0.3 is 0 Å². The van der Waals surface area contributed by atoms with Crippen molar-refractivity contribution in [2.45, 2.75) is 44.9 Å². The van der Waals surface area contributed by atoms with Gasteiger partial charge in [0.05, 0.1) is 0 Å². The van der Waals surface area contributed by atoms with Crippen molar-refractivity contribution < 1.29 is 9.59 Å². The summed E-state index contributed by atoms with van der Waals surface area (Å²) in [6, 6.07) is 10.6. The number of nitrogens with one attached hydrogen (secondary N) is 1. The molecule has 1 aliphatic carbocycles. The number of likely N-dealkylation sites (tertiary alicyclic amines) is 1. The zero-order chi connectivity index (χ0) is 16.9. The lowest BCUT2D eigenvalue weighted by atomic mass is 9.92. The first-order valence-corrected chi connectivity index (χ1v) is 9.25. The van der Waals surface area contributed by atoms with E-state index in [-0.39, 0.29) is 17.7 Å². The Bertz CT molecular complexity index is 572. The van der Waals surface area contributed by atoms with Gasteiger partial charge in [-0.15, -0.1) is 0 Å². The summed E-state index contributed by atoms with van der Waals surface area (Å²) in [5.74, 6) is 1.55. The molecule has 0 unspecified atom stereocenters. The summed E-state index contributed by atoms with van der Waals surface area (Å²) >= 11 is 0. The van der Waals surface area contributed by atoms with E-state index in [4.69, 9.17) is 0 Å². The highest BCUT2D eigenvalue weighted by atomic mass is 16.2. The highest BCUT2D eigenvalue weighted by molar-refractivity contribution is 5.82. The number of amides is 2. The van der Waals surface area contributed by atoms with Crippen molar-refractivity contribution in [3.05, 3.63) is 35.9 Å². The average molecular weight is 328 g/mol. The Kier molecular flexibility index (Phi) is 5.54. The van der Waals surface area contributed by atoms with E-state index < -0.39 is 0 Å². The van der Waals surface area contributed by atoms with E-state index in [2.05, 4.69) is 36.5 Å². The summed E-state index contributed by atoms with van der Waals surface area (Å²) in [5.41, 5.74) is 1.39. The molecule has 1 heterocycles. The molecule has 2 amide bonds. The van der Waals surface area contributed by atoms with Gasteiger partial charge in [0.1, 0.15) is 0 Å². The van der Waals surface area contributed by atoms with Crippen molar-refractivity contribution in [3.63, 3.8) is 0 Å². The van der Waals surface area contributed by atoms with Crippen LogP contribution in [0.3, 0.4) is 0 Å². The molecule has 130 valence electrons. The van der Waals surface area contributed by atoms with Crippen LogP contribution in [0.2, 0.25) is 0 Å². The monoisotopic (exact) mass is 328 g/mol. The van der Waals surface area contributed by atoms with Gasteiger partial charge in [0.15, 0.2) is 0 Å². The molecule has 1 N–H and O–H groups in total. The molecule has 4 nitrogen and oxygen atoms in total. The van der Waals surface area contributed by atoms with E-state index in [0.29, 0.717) is 24.8 Å². The summed E-state index contributed by atoms with van der Waals surface area (Å²) in [5, 5.41) is 2.91. The van der Waals surface area contributed by atoms with Gasteiger partial charge in [-0.05, 0) is 43.1 Å². The predicted molar refractivity (Wildman–Crippen MR) is 94.5 cm³/mol. The van der Waals surface area contributed by atoms with Crippen LogP contribution in [0.25, 0.3) is 0 Å². The standard InChI is InChI=1S/C20H28N2O2/c1-15-14-18(15)20(24)21-11-9-19(23)22-12-5-8-17(10-13-22)16-6-3-2-4-7-16/h2-4,6-7,15,17-18H,5,8-14H2,1H3,(H,21,24)/t15-,17-,18-/m1/s1. The fourth-order valence-corrected chi connectivity index (χ4v) is 3.67. The van der Waals surface area contributed by atoms with Gasteiger partial charge < -0.3 is 10.2 Å². The van der Waals surface area contributed by atoms with Crippen LogP contribution in [0, 0.1) is 11.8 Å². The van der Waals surface area contributed by atoms with Crippen LogP contribution < -0.4 is 5.32 Å². The normalized spacial score (nSPS) is 26.5. The fraction of sp³-hybridized carbons (Fsp3) is 0.600. The van der Waals surface area contributed by atoms with Gasteiger partial charge in [-0.25, -0.2) is 0 Å². The lowest BCUT2D eigenvalue weighted by molar-refractivity contribution is -0.131. The van der Waals surface area contributed by atoms with Crippen LogP contribution in [-0.4, -0.2) is 36.3 Å². The predicted octanol–water partition coefficient (Wildman–Crippen LogP) is 2.95. The maximum absolute atomic E-state index is 12.4. The minimum absolute atomic E-state index is 0.121. The maximum Gasteiger partial charge on any atom is 0.224 e. The second kappa shape index (κ2) is 7.82. The van der Waals surface area contributed by atoms with Crippen molar-refractivity contribution >= 4 is 11.8 Å². The fourth-order valence-electron chi connectivity index (χ4n) is 3.67. The first-order valence-electron chi connectivity index (χ1n) is 9.25. The first kappa shape index (κ1) is 17.0. The third-order valence-electron chi connectivity index (χ3n) is 5.44. The van der Waals surface area contributed by atoms with E-state index in [1.807, 2.05) is 11.0 Å². The third-order valence-corrected chi connectivity index (χ3v) is 5.44. The van der Waals surface area contributed by atoms with Crippen LogP contribution in [0.5, 0.6) is 0 Å². The molecule has 0 aromatic heterocycles. The number of rotatable bonds is 5. The zero-order valence-electron chi connectivity index (χ0n) is 14.5. The molecular weight excluding hydrogens is 300 g/mol. The minimum Gasteiger partial charge on any atom is -0.355 e. The number of hydrogen-bond donors (Lipinski definition) is 1. The van der Waals surface area contributed by atoms with Gasteiger partial charge in [0.25, 0.3) is 0 Å². The summed E-state index contributed by atoms with van der Waals surface area (Å²) < 4.78 is 0. The Morgan fingerprint density at radius 1 is 1.17 bits per heavy atom. The van der Waals surface area contributed by atoms with Crippen molar-refractivity contribution in [3.8, 4) is 0 Å². The smallest absolute Gasteiger partial charge is 0.224 e. The number of hydrogen-bond acceptors (Lipinski definition) is 2. The molecule has 1 aliphatic heterocycles. The molecular formula is C20H28N2O2. The molecule has 1 aromatic carbocycles. The van der Waals surface area contributed by atoms with Crippen LogP contribution in [0.15, 0.2) is 30.3 Å². The SMILES string of the molecule is C[C@@H]1C[C@H]1C(=O)NCCC(=O)N1CCC[C@@H](c2ccccc2)CC1. The first-order chi connectivity index (χ1) is 11.6. The highest BCUT2D eigenvalue weighted by Gasteiger charge is 2.38. The van der Waals surface area contributed by atoms with E-state index in [0.717, 1.165) is 38.8 Å². The third kappa shape index (κ3) is 4.37. The molecule has 0 bridgehead atoms. The van der Waals surface area contributed by atoms with E-state index in [1.54, 1.807) is 0 Å². The van der Waals surface area contributed by atoms with Gasteiger partial charge in [-0.3, -0.25) is 9.59 Å². The second-order valence-electron chi connectivity index (χ2n) is 7.28.